The molecule has 0 saturated carbocycles. The second-order valence-corrected chi connectivity index (χ2v) is 7.54. The van der Waals surface area contributed by atoms with Crippen molar-refractivity contribution in [3.8, 4) is 5.75 Å². The molecule has 0 bridgehead atoms. The molecule has 8 heteroatoms. The quantitative estimate of drug-likeness (QED) is 0.589. The van der Waals surface area contributed by atoms with Gasteiger partial charge in [0.25, 0.3) is 11.5 Å². The molecule has 1 amide bonds. The average molecular weight is 440 g/mol. The third-order valence-corrected chi connectivity index (χ3v) is 5.25. The van der Waals surface area contributed by atoms with E-state index in [2.05, 4.69) is 5.10 Å². The highest BCUT2D eigenvalue weighted by Crippen LogP contribution is 2.24. The van der Waals surface area contributed by atoms with Crippen molar-refractivity contribution in [1.82, 2.24) is 14.7 Å². The number of para-hydroxylation sites is 1. The fraction of sp³-hybridized carbons (Fsp3) is 0.261. The third kappa shape index (κ3) is 5.31. The van der Waals surface area contributed by atoms with Crippen molar-refractivity contribution in [3.63, 3.8) is 0 Å². The van der Waals surface area contributed by atoms with Crippen LogP contribution in [0.15, 0.2) is 71.5 Å². The summed E-state index contributed by atoms with van der Waals surface area (Å²) in [6.45, 7) is 1.79. The van der Waals surface area contributed by atoms with Gasteiger partial charge in [-0.15, -0.1) is 0 Å². The van der Waals surface area contributed by atoms with Gasteiger partial charge in [0.2, 0.25) is 0 Å². The van der Waals surface area contributed by atoms with Gasteiger partial charge in [-0.05, 0) is 35.9 Å². The summed E-state index contributed by atoms with van der Waals surface area (Å²) >= 11 is 5.96. The van der Waals surface area contributed by atoms with Gasteiger partial charge >= 0.3 is 0 Å². The van der Waals surface area contributed by atoms with Gasteiger partial charge in [0, 0.05) is 17.6 Å². The van der Waals surface area contributed by atoms with Crippen molar-refractivity contribution in [1.29, 1.82) is 0 Å². The number of ether oxygens (including phenoxy) is 2. The number of hydrogen-bond acceptors (Lipinski definition) is 5. The summed E-state index contributed by atoms with van der Waals surface area (Å²) in [5, 5.41) is 4.91. The normalized spacial score (nSPS) is 16.2. The van der Waals surface area contributed by atoms with Crippen LogP contribution in [-0.2, 0) is 11.3 Å². The Labute approximate surface area is 184 Å². The van der Waals surface area contributed by atoms with Crippen molar-refractivity contribution >= 4 is 17.5 Å². The highest BCUT2D eigenvalue weighted by Gasteiger charge is 2.27. The molecule has 1 unspecified atom stereocenters. The van der Waals surface area contributed by atoms with E-state index in [1.165, 1.54) is 16.8 Å². The molecule has 3 aromatic rings. The maximum absolute atomic E-state index is 13.0. The van der Waals surface area contributed by atoms with Crippen LogP contribution < -0.4 is 10.3 Å². The fourth-order valence-corrected chi connectivity index (χ4v) is 3.49. The molecule has 160 valence electrons. The molecule has 0 spiro atoms. The largest absolute Gasteiger partial charge is 0.492 e. The number of hydrogen-bond donors (Lipinski definition) is 0. The first-order valence-corrected chi connectivity index (χ1v) is 10.4. The summed E-state index contributed by atoms with van der Waals surface area (Å²) in [6.07, 6.45) is -0.236. The first-order valence-electron chi connectivity index (χ1n) is 10.0. The Kier molecular flexibility index (Phi) is 6.64. The predicted molar refractivity (Wildman–Crippen MR) is 116 cm³/mol. The first-order chi connectivity index (χ1) is 15.1. The number of carbonyl (C=O) groups excluding carboxylic acids is 1. The Bertz CT molecular complexity index is 1090. The Morgan fingerprint density at radius 2 is 1.87 bits per heavy atom. The lowest BCUT2D eigenvalue weighted by Gasteiger charge is -2.33. The van der Waals surface area contributed by atoms with Crippen LogP contribution in [0.1, 0.15) is 22.2 Å². The molecule has 0 radical (unpaired) electrons. The van der Waals surface area contributed by atoms with E-state index in [1.54, 1.807) is 17.0 Å². The lowest BCUT2D eigenvalue weighted by Crippen LogP contribution is -2.43. The molecule has 7 nitrogen and oxygen atoms in total. The van der Waals surface area contributed by atoms with Gasteiger partial charge in [0.15, 0.2) is 0 Å². The molecule has 1 atom stereocenters. The van der Waals surface area contributed by atoms with Gasteiger partial charge in [-0.1, -0.05) is 41.9 Å². The molecule has 0 aliphatic carbocycles. The van der Waals surface area contributed by atoms with Gasteiger partial charge in [-0.3, -0.25) is 9.59 Å². The minimum atomic E-state index is -0.283. The highest BCUT2D eigenvalue weighted by atomic mass is 35.5. The van der Waals surface area contributed by atoms with E-state index in [0.29, 0.717) is 30.5 Å². The number of amides is 1. The van der Waals surface area contributed by atoms with Crippen LogP contribution >= 0.6 is 11.6 Å². The minimum Gasteiger partial charge on any atom is -0.492 e. The monoisotopic (exact) mass is 439 g/mol. The molecule has 0 N–H and O–H groups in total. The second-order valence-electron chi connectivity index (χ2n) is 7.10. The molecule has 1 aliphatic rings. The molecule has 1 fully saturated rings. The van der Waals surface area contributed by atoms with Gasteiger partial charge in [-0.25, -0.2) is 4.68 Å². The Morgan fingerprint density at radius 3 is 2.65 bits per heavy atom. The molecule has 1 aliphatic heterocycles. The molecular weight excluding hydrogens is 418 g/mol. The number of aromatic nitrogens is 2. The SMILES string of the molecule is O=C(c1ccc(=O)n(CCOc2ccccc2)n1)N1CCOC(c2ccc(Cl)cc2)C1. The lowest BCUT2D eigenvalue weighted by molar-refractivity contribution is -0.0231. The van der Waals surface area contributed by atoms with E-state index >= 15 is 0 Å². The minimum absolute atomic E-state index is 0.219. The molecule has 4 rings (SSSR count). The van der Waals surface area contributed by atoms with Gasteiger partial charge in [-0.2, -0.15) is 5.10 Å². The van der Waals surface area contributed by atoms with E-state index in [-0.39, 0.29) is 36.4 Å². The van der Waals surface area contributed by atoms with Crippen LogP contribution in [0.4, 0.5) is 0 Å². The zero-order chi connectivity index (χ0) is 21.6. The summed E-state index contributed by atoms with van der Waals surface area (Å²) in [7, 11) is 0. The lowest BCUT2D eigenvalue weighted by atomic mass is 10.1. The molecule has 2 heterocycles. The summed E-state index contributed by atoms with van der Waals surface area (Å²) < 4.78 is 12.7. The predicted octanol–water partition coefficient (Wildman–Crippen LogP) is 3.19. The number of benzene rings is 2. The van der Waals surface area contributed by atoms with Crippen molar-refractivity contribution in [2.24, 2.45) is 0 Å². The maximum atomic E-state index is 13.0. The summed E-state index contributed by atoms with van der Waals surface area (Å²) in [5.41, 5.74) is 0.892. The zero-order valence-corrected chi connectivity index (χ0v) is 17.6. The molecular formula is C23H22ClN3O4. The van der Waals surface area contributed by atoms with Crippen LogP contribution in [0.25, 0.3) is 0 Å². The second kappa shape index (κ2) is 9.76. The van der Waals surface area contributed by atoms with Gasteiger partial charge in [0.05, 0.1) is 19.7 Å². The Morgan fingerprint density at radius 1 is 1.10 bits per heavy atom. The molecule has 2 aromatic carbocycles. The van der Waals surface area contributed by atoms with Crippen molar-refractivity contribution in [2.75, 3.05) is 26.3 Å². The maximum Gasteiger partial charge on any atom is 0.274 e. The van der Waals surface area contributed by atoms with E-state index in [0.717, 1.165) is 5.56 Å². The van der Waals surface area contributed by atoms with Crippen molar-refractivity contribution in [2.45, 2.75) is 12.6 Å². The van der Waals surface area contributed by atoms with E-state index in [9.17, 15) is 9.59 Å². The van der Waals surface area contributed by atoms with Gasteiger partial charge < -0.3 is 14.4 Å². The number of carbonyl (C=O) groups is 1. The topological polar surface area (TPSA) is 73.7 Å². The number of nitrogens with zero attached hydrogens (tertiary/aromatic N) is 3. The third-order valence-electron chi connectivity index (χ3n) is 5.00. The molecule has 1 saturated heterocycles. The van der Waals surface area contributed by atoms with Crippen molar-refractivity contribution in [3.05, 3.63) is 93.4 Å². The number of morpholine rings is 1. The standard InChI is InChI=1S/C23H22ClN3O4/c24-18-8-6-17(7-9-18)21-16-26(12-14-31-21)23(29)20-10-11-22(28)27(25-20)13-15-30-19-4-2-1-3-5-19/h1-11,21H,12-16H2. The Hall–Kier alpha value is -3.16. The fourth-order valence-electron chi connectivity index (χ4n) is 3.36. The molecule has 31 heavy (non-hydrogen) atoms. The summed E-state index contributed by atoms with van der Waals surface area (Å²) in [4.78, 5) is 26.9. The van der Waals surface area contributed by atoms with Gasteiger partial charge in [0.1, 0.15) is 24.2 Å². The Balaban J connectivity index is 1.42. The van der Waals surface area contributed by atoms with Crippen LogP contribution in [0.3, 0.4) is 0 Å². The molecule has 1 aromatic heterocycles. The zero-order valence-electron chi connectivity index (χ0n) is 16.8. The summed E-state index contributed by atoms with van der Waals surface area (Å²) in [5.74, 6) is 0.476. The van der Waals surface area contributed by atoms with Crippen LogP contribution in [0, 0.1) is 0 Å². The van der Waals surface area contributed by atoms with E-state index in [1.807, 2.05) is 42.5 Å². The van der Waals surface area contributed by atoms with Crippen molar-refractivity contribution < 1.29 is 14.3 Å². The first kappa shape index (κ1) is 21.1. The summed E-state index contributed by atoms with van der Waals surface area (Å²) in [6, 6.07) is 19.5. The highest BCUT2D eigenvalue weighted by molar-refractivity contribution is 6.30. The number of halogens is 1. The number of rotatable bonds is 6. The average Bonchev–Trinajstić information content (AvgIpc) is 2.81. The van der Waals surface area contributed by atoms with Crippen LogP contribution in [-0.4, -0.2) is 46.9 Å². The smallest absolute Gasteiger partial charge is 0.274 e. The van der Waals surface area contributed by atoms with Crippen LogP contribution in [0.5, 0.6) is 5.75 Å². The van der Waals surface area contributed by atoms with Crippen LogP contribution in [0.2, 0.25) is 5.02 Å². The van der Waals surface area contributed by atoms with E-state index in [4.69, 9.17) is 21.1 Å². The van der Waals surface area contributed by atoms with E-state index < -0.39 is 0 Å².